The van der Waals surface area contributed by atoms with Crippen molar-refractivity contribution >= 4 is 17.5 Å². The zero-order valence-corrected chi connectivity index (χ0v) is 22.8. The van der Waals surface area contributed by atoms with Gasteiger partial charge in [-0.15, -0.1) is 0 Å². The van der Waals surface area contributed by atoms with Crippen molar-refractivity contribution in [3.05, 3.63) is 121 Å². The second kappa shape index (κ2) is 10.6. The second-order valence-corrected chi connectivity index (χ2v) is 10.6. The predicted molar refractivity (Wildman–Crippen MR) is 147 cm³/mol. The van der Waals surface area contributed by atoms with E-state index >= 15 is 4.39 Å². The Morgan fingerprint density at radius 2 is 2.05 bits per heavy atom. The molecule has 1 N–H and O–H groups in total. The molecule has 0 saturated carbocycles. The van der Waals surface area contributed by atoms with Crippen molar-refractivity contribution in [2.45, 2.75) is 31.2 Å². The zero-order valence-electron chi connectivity index (χ0n) is 22.1. The molecule has 2 aliphatic heterocycles. The van der Waals surface area contributed by atoms with Crippen molar-refractivity contribution in [3.8, 4) is 6.07 Å². The molecule has 11 heteroatoms. The van der Waals surface area contributed by atoms with Gasteiger partial charge >= 0.3 is 0 Å². The lowest BCUT2D eigenvalue weighted by atomic mass is 9.90. The summed E-state index contributed by atoms with van der Waals surface area (Å²) in [4.78, 5) is 32.4. The van der Waals surface area contributed by atoms with Gasteiger partial charge in [0.15, 0.2) is 0 Å². The second-order valence-electron chi connectivity index (χ2n) is 10.2. The molecule has 1 fully saturated rings. The highest BCUT2D eigenvalue weighted by molar-refractivity contribution is 6.30. The number of aryl methyl sites for hydroxylation is 1. The molecule has 41 heavy (non-hydrogen) atoms. The van der Waals surface area contributed by atoms with Gasteiger partial charge in [-0.2, -0.15) is 5.26 Å². The maximum atomic E-state index is 16.4. The number of aromatic nitrogens is 3. The van der Waals surface area contributed by atoms with Crippen LogP contribution in [0.2, 0.25) is 5.02 Å². The van der Waals surface area contributed by atoms with E-state index in [-0.39, 0.29) is 36.3 Å². The molecule has 4 aromatic rings. The molecule has 1 amide bonds. The van der Waals surface area contributed by atoms with Crippen LogP contribution in [-0.4, -0.2) is 44.9 Å². The molecule has 0 spiro atoms. The van der Waals surface area contributed by atoms with E-state index in [9.17, 15) is 14.9 Å². The number of amides is 1. The van der Waals surface area contributed by atoms with Crippen LogP contribution in [0.3, 0.4) is 0 Å². The Morgan fingerprint density at radius 1 is 1.24 bits per heavy atom. The first-order valence-corrected chi connectivity index (χ1v) is 13.4. The summed E-state index contributed by atoms with van der Waals surface area (Å²) in [7, 11) is 1.69. The fourth-order valence-electron chi connectivity index (χ4n) is 5.55. The van der Waals surface area contributed by atoms with Gasteiger partial charge < -0.3 is 9.47 Å². The van der Waals surface area contributed by atoms with Gasteiger partial charge in [0.25, 0.3) is 11.5 Å². The maximum Gasteiger partial charge on any atom is 0.267 e. The fourth-order valence-corrected chi connectivity index (χ4v) is 5.67. The smallest absolute Gasteiger partial charge is 0.267 e. The minimum atomic E-state index is -1.65. The van der Waals surface area contributed by atoms with Crippen molar-refractivity contribution < 1.29 is 18.7 Å². The summed E-state index contributed by atoms with van der Waals surface area (Å²) in [5, 5.41) is 12.3. The molecule has 1 saturated heterocycles. The Labute approximate surface area is 239 Å². The topological polar surface area (TPSA) is 113 Å². The molecule has 2 atom stereocenters. The number of fused-ring (bicyclic) bond motifs is 1. The van der Waals surface area contributed by atoms with E-state index in [1.165, 1.54) is 21.8 Å². The minimum absolute atomic E-state index is 0.0252. The summed E-state index contributed by atoms with van der Waals surface area (Å²) < 4.78 is 30.3. The number of hydrogen-bond donors (Lipinski definition) is 1. The standard InChI is InChI=1S/C30H25ClFN5O4/c1-36-15-20(28(38)35-36)10-19-11-25-27(26(32)12-19)30(41-24-8-9-40-17-24,21-3-5-22(31)6-4-21)37(29(25)39)16-23-7-2-18(13-33)14-34-23/h2-7,11-12,14-15,24H,8-10,16-17H2,1H3,(H,35,38)/t24-,30+/m0/s1. The largest absolute Gasteiger partial charge is 0.379 e. The fraction of sp³-hybridized carbons (Fsp3) is 0.267. The summed E-state index contributed by atoms with van der Waals surface area (Å²) >= 11 is 6.22. The van der Waals surface area contributed by atoms with Gasteiger partial charge in [-0.1, -0.05) is 23.7 Å². The summed E-state index contributed by atoms with van der Waals surface area (Å²) in [6, 6.07) is 15.1. The lowest BCUT2D eigenvalue weighted by Crippen LogP contribution is -2.49. The van der Waals surface area contributed by atoms with Crippen molar-refractivity contribution in [1.82, 2.24) is 19.7 Å². The first-order valence-electron chi connectivity index (χ1n) is 13.0. The van der Waals surface area contributed by atoms with Gasteiger partial charge in [-0.25, -0.2) is 4.39 Å². The number of pyridine rings is 1. The van der Waals surface area contributed by atoms with Crippen LogP contribution in [0, 0.1) is 17.1 Å². The van der Waals surface area contributed by atoms with E-state index in [0.717, 1.165) is 0 Å². The van der Waals surface area contributed by atoms with Crippen LogP contribution in [0.4, 0.5) is 4.39 Å². The Morgan fingerprint density at radius 3 is 2.68 bits per heavy atom. The monoisotopic (exact) mass is 573 g/mol. The quantitative estimate of drug-likeness (QED) is 0.357. The molecule has 0 bridgehead atoms. The lowest BCUT2D eigenvalue weighted by molar-refractivity contribution is -0.148. The number of benzene rings is 2. The molecular formula is C30H25ClFN5O4. The van der Waals surface area contributed by atoms with Gasteiger partial charge in [0, 0.05) is 48.6 Å². The average molecular weight is 574 g/mol. The Hall–Kier alpha value is -4.30. The molecule has 4 heterocycles. The first kappa shape index (κ1) is 26.9. The van der Waals surface area contributed by atoms with Crippen LogP contribution in [0.25, 0.3) is 0 Å². The predicted octanol–water partition coefficient (Wildman–Crippen LogP) is 4.03. The van der Waals surface area contributed by atoms with Gasteiger partial charge in [-0.05, 0) is 48.4 Å². The Kier molecular flexibility index (Phi) is 6.95. The number of hydrogen-bond acceptors (Lipinski definition) is 6. The molecule has 0 radical (unpaired) electrons. The number of carbonyl (C=O) groups excluding carboxylic acids is 1. The highest BCUT2D eigenvalue weighted by Gasteiger charge is 2.55. The number of carbonyl (C=O) groups is 1. The maximum absolute atomic E-state index is 16.4. The molecule has 0 unspecified atom stereocenters. The van der Waals surface area contributed by atoms with Gasteiger partial charge in [0.1, 0.15) is 11.9 Å². The number of halogens is 2. The SMILES string of the molecule is Cn1cc(Cc2cc(F)c3c(c2)C(=O)N(Cc2ccc(C#N)cn2)[C@@]3(O[C@H]2CCOC2)c2ccc(Cl)cc2)c(=O)[nH]1. The van der Waals surface area contributed by atoms with Crippen molar-refractivity contribution in [2.24, 2.45) is 7.05 Å². The van der Waals surface area contributed by atoms with Crippen LogP contribution in [0.15, 0.2) is 65.7 Å². The van der Waals surface area contributed by atoms with E-state index < -0.39 is 23.6 Å². The molecule has 6 rings (SSSR count). The highest BCUT2D eigenvalue weighted by Crippen LogP contribution is 2.49. The minimum Gasteiger partial charge on any atom is -0.379 e. The molecule has 2 aliphatic rings. The zero-order chi connectivity index (χ0) is 28.7. The number of nitrogens with zero attached hydrogens (tertiary/aromatic N) is 4. The third-order valence-corrected chi connectivity index (χ3v) is 7.64. The molecule has 208 valence electrons. The van der Waals surface area contributed by atoms with E-state index in [0.29, 0.717) is 46.0 Å². The Bertz CT molecular complexity index is 1720. The molecular weight excluding hydrogens is 549 g/mol. The molecule has 0 aliphatic carbocycles. The van der Waals surface area contributed by atoms with Crippen LogP contribution >= 0.6 is 11.6 Å². The summed E-state index contributed by atoms with van der Waals surface area (Å²) in [5.41, 5.74) is 0.571. The summed E-state index contributed by atoms with van der Waals surface area (Å²) in [5.74, 6) is -1.09. The number of nitriles is 1. The number of H-pyrrole nitrogens is 1. The number of aromatic amines is 1. The third kappa shape index (κ3) is 4.82. The van der Waals surface area contributed by atoms with Crippen LogP contribution in [-0.2, 0) is 35.2 Å². The van der Waals surface area contributed by atoms with Crippen LogP contribution in [0.1, 0.15) is 50.3 Å². The van der Waals surface area contributed by atoms with E-state index in [1.54, 1.807) is 55.7 Å². The van der Waals surface area contributed by atoms with Crippen molar-refractivity contribution in [1.29, 1.82) is 5.26 Å². The van der Waals surface area contributed by atoms with Crippen molar-refractivity contribution in [2.75, 3.05) is 13.2 Å². The van der Waals surface area contributed by atoms with Crippen LogP contribution in [0.5, 0.6) is 0 Å². The summed E-state index contributed by atoms with van der Waals surface area (Å²) in [6.45, 7) is 0.743. The molecule has 2 aromatic heterocycles. The first-order chi connectivity index (χ1) is 19.8. The van der Waals surface area contributed by atoms with Crippen molar-refractivity contribution in [3.63, 3.8) is 0 Å². The average Bonchev–Trinajstić information content (AvgIpc) is 3.64. The number of ether oxygens (including phenoxy) is 2. The van der Waals surface area contributed by atoms with Gasteiger partial charge in [0.05, 0.1) is 41.6 Å². The third-order valence-electron chi connectivity index (χ3n) is 7.39. The lowest BCUT2D eigenvalue weighted by Gasteiger charge is -2.41. The molecule has 9 nitrogen and oxygen atoms in total. The van der Waals surface area contributed by atoms with Gasteiger partial charge in [-0.3, -0.25) is 29.3 Å². The number of rotatable bonds is 7. The Balaban J connectivity index is 1.53. The number of nitrogens with one attached hydrogen (secondary N) is 1. The van der Waals surface area contributed by atoms with E-state index in [2.05, 4.69) is 10.1 Å². The summed E-state index contributed by atoms with van der Waals surface area (Å²) in [6.07, 6.45) is 3.35. The van der Waals surface area contributed by atoms with E-state index in [4.69, 9.17) is 21.1 Å². The molecule has 2 aromatic carbocycles. The van der Waals surface area contributed by atoms with Crippen LogP contribution < -0.4 is 5.56 Å². The van der Waals surface area contributed by atoms with Gasteiger partial charge in [0.2, 0.25) is 5.72 Å². The highest BCUT2D eigenvalue weighted by atomic mass is 35.5. The normalized spacial score (nSPS) is 19.9. The van der Waals surface area contributed by atoms with E-state index in [1.807, 2.05) is 6.07 Å².